The van der Waals surface area contributed by atoms with Crippen LogP contribution in [0.1, 0.15) is 52.0 Å². The van der Waals surface area contributed by atoms with Gasteiger partial charge in [-0.05, 0) is 52.7 Å². The minimum atomic E-state index is -0.540. The SMILES string of the molecule is CCN=C(NC1CC1c1c(F)cccc1F)N1CCC(NC(=O)OC(C)(C)C)C1. The zero-order chi connectivity index (χ0) is 21.2. The van der Waals surface area contributed by atoms with Gasteiger partial charge in [-0.2, -0.15) is 0 Å². The normalized spacial score (nSPS) is 24.4. The van der Waals surface area contributed by atoms with Crippen molar-refractivity contribution in [2.45, 2.75) is 64.1 Å². The molecule has 1 aromatic rings. The number of amides is 1. The molecule has 8 heteroatoms. The van der Waals surface area contributed by atoms with E-state index < -0.39 is 23.3 Å². The summed E-state index contributed by atoms with van der Waals surface area (Å²) in [5, 5.41) is 6.24. The van der Waals surface area contributed by atoms with E-state index in [1.54, 1.807) is 0 Å². The number of ether oxygens (including phenoxy) is 1. The third kappa shape index (κ3) is 5.58. The number of carbonyl (C=O) groups is 1. The largest absolute Gasteiger partial charge is 0.444 e. The summed E-state index contributed by atoms with van der Waals surface area (Å²) in [7, 11) is 0. The number of aliphatic imine (C=N–C) groups is 1. The van der Waals surface area contributed by atoms with Gasteiger partial charge in [-0.15, -0.1) is 0 Å². The summed E-state index contributed by atoms with van der Waals surface area (Å²) < 4.78 is 33.4. The standard InChI is InChI=1S/C21H30F2N4O2/c1-5-24-19(26-17-11-14(17)18-15(22)7-6-8-16(18)23)27-10-9-13(12-27)25-20(28)29-21(2,3)4/h6-8,13-14,17H,5,9-12H2,1-4H3,(H,24,26)(H,25,28). The maximum Gasteiger partial charge on any atom is 0.407 e. The van der Waals surface area contributed by atoms with Crippen molar-refractivity contribution in [1.82, 2.24) is 15.5 Å². The molecule has 160 valence electrons. The molecule has 1 saturated heterocycles. The van der Waals surface area contributed by atoms with Crippen molar-refractivity contribution in [3.05, 3.63) is 35.4 Å². The zero-order valence-electron chi connectivity index (χ0n) is 17.5. The van der Waals surface area contributed by atoms with Crippen LogP contribution in [-0.4, -0.2) is 54.3 Å². The Kier molecular flexibility index (Phi) is 6.29. The predicted molar refractivity (Wildman–Crippen MR) is 108 cm³/mol. The predicted octanol–water partition coefficient (Wildman–Crippen LogP) is 3.39. The first-order chi connectivity index (χ1) is 13.7. The average molecular weight is 408 g/mol. The summed E-state index contributed by atoms with van der Waals surface area (Å²) in [6.45, 7) is 9.35. The Morgan fingerprint density at radius 2 is 1.97 bits per heavy atom. The van der Waals surface area contributed by atoms with Crippen LogP contribution in [0.2, 0.25) is 0 Å². The molecular weight excluding hydrogens is 378 g/mol. The topological polar surface area (TPSA) is 66.0 Å². The molecule has 1 heterocycles. The van der Waals surface area contributed by atoms with Crippen molar-refractivity contribution >= 4 is 12.1 Å². The lowest BCUT2D eigenvalue weighted by Gasteiger charge is -2.24. The summed E-state index contributed by atoms with van der Waals surface area (Å²) >= 11 is 0. The summed E-state index contributed by atoms with van der Waals surface area (Å²) in [4.78, 5) is 18.6. The molecule has 1 aliphatic heterocycles. The van der Waals surface area contributed by atoms with E-state index in [2.05, 4.69) is 20.5 Å². The zero-order valence-corrected chi connectivity index (χ0v) is 17.5. The number of halogens is 2. The molecule has 1 saturated carbocycles. The number of alkyl carbamates (subject to hydrolysis) is 1. The Labute approximate surface area is 170 Å². The number of nitrogens with zero attached hydrogens (tertiary/aromatic N) is 2. The highest BCUT2D eigenvalue weighted by atomic mass is 19.1. The second kappa shape index (κ2) is 8.55. The summed E-state index contributed by atoms with van der Waals surface area (Å²) in [6, 6.07) is 3.88. The number of likely N-dealkylation sites (tertiary alicyclic amines) is 1. The smallest absolute Gasteiger partial charge is 0.407 e. The van der Waals surface area contributed by atoms with Crippen molar-refractivity contribution in [1.29, 1.82) is 0 Å². The van der Waals surface area contributed by atoms with Crippen LogP contribution in [0.4, 0.5) is 13.6 Å². The summed E-state index contributed by atoms with van der Waals surface area (Å²) in [5.41, 5.74) is -0.395. The number of nitrogens with one attached hydrogen (secondary N) is 2. The Balaban J connectivity index is 1.57. The Bertz CT molecular complexity index is 758. The van der Waals surface area contributed by atoms with Gasteiger partial charge in [0.1, 0.15) is 17.2 Å². The number of carbonyl (C=O) groups excluding carboxylic acids is 1. The van der Waals surface area contributed by atoms with E-state index in [0.717, 1.165) is 13.0 Å². The van der Waals surface area contributed by atoms with E-state index in [0.29, 0.717) is 25.5 Å². The molecule has 2 aliphatic rings. The lowest BCUT2D eigenvalue weighted by molar-refractivity contribution is 0.0507. The van der Waals surface area contributed by atoms with Gasteiger partial charge in [0.25, 0.3) is 0 Å². The maximum absolute atomic E-state index is 14.0. The van der Waals surface area contributed by atoms with Crippen LogP contribution in [0.3, 0.4) is 0 Å². The minimum absolute atomic E-state index is 0.0345. The van der Waals surface area contributed by atoms with Crippen molar-refractivity contribution in [2.75, 3.05) is 19.6 Å². The summed E-state index contributed by atoms with van der Waals surface area (Å²) in [5.74, 6) is -0.492. The molecule has 2 N–H and O–H groups in total. The number of guanidine groups is 1. The van der Waals surface area contributed by atoms with Crippen molar-refractivity contribution in [3.63, 3.8) is 0 Å². The van der Waals surface area contributed by atoms with Crippen molar-refractivity contribution in [3.8, 4) is 0 Å². The van der Waals surface area contributed by atoms with Crippen LogP contribution in [0.25, 0.3) is 0 Å². The summed E-state index contributed by atoms with van der Waals surface area (Å²) in [6.07, 6.45) is 1.01. The maximum atomic E-state index is 14.0. The van der Waals surface area contributed by atoms with Gasteiger partial charge in [0.2, 0.25) is 0 Å². The molecule has 1 aliphatic carbocycles. The molecule has 1 amide bonds. The minimum Gasteiger partial charge on any atom is -0.444 e. The molecule has 6 nitrogen and oxygen atoms in total. The quantitative estimate of drug-likeness (QED) is 0.592. The number of hydrogen-bond acceptors (Lipinski definition) is 3. The van der Waals surface area contributed by atoms with Gasteiger partial charge in [0, 0.05) is 37.2 Å². The molecule has 0 spiro atoms. The number of hydrogen-bond donors (Lipinski definition) is 2. The third-order valence-corrected chi connectivity index (χ3v) is 4.99. The number of benzene rings is 1. The van der Waals surface area contributed by atoms with Gasteiger partial charge in [-0.25, -0.2) is 13.6 Å². The molecule has 0 bridgehead atoms. The fourth-order valence-electron chi connectivity index (χ4n) is 3.64. The monoisotopic (exact) mass is 408 g/mol. The lowest BCUT2D eigenvalue weighted by Crippen LogP contribution is -2.45. The molecule has 3 unspecified atom stereocenters. The third-order valence-electron chi connectivity index (χ3n) is 4.99. The van der Waals surface area contributed by atoms with Crippen LogP contribution in [0.15, 0.2) is 23.2 Å². The average Bonchev–Trinajstić information content (AvgIpc) is 3.18. The van der Waals surface area contributed by atoms with E-state index in [1.807, 2.05) is 27.7 Å². The van der Waals surface area contributed by atoms with Crippen molar-refractivity contribution < 1.29 is 18.3 Å². The van der Waals surface area contributed by atoms with E-state index in [1.165, 1.54) is 18.2 Å². The molecule has 0 radical (unpaired) electrons. The van der Waals surface area contributed by atoms with Crippen LogP contribution >= 0.6 is 0 Å². The molecule has 2 fully saturated rings. The van der Waals surface area contributed by atoms with Crippen LogP contribution in [0, 0.1) is 11.6 Å². The first kappa shape index (κ1) is 21.3. The molecule has 3 atom stereocenters. The van der Waals surface area contributed by atoms with E-state index >= 15 is 0 Å². The van der Waals surface area contributed by atoms with Crippen LogP contribution in [0.5, 0.6) is 0 Å². The van der Waals surface area contributed by atoms with Gasteiger partial charge in [-0.3, -0.25) is 4.99 Å². The van der Waals surface area contributed by atoms with E-state index in [9.17, 15) is 13.6 Å². The van der Waals surface area contributed by atoms with Gasteiger partial charge < -0.3 is 20.3 Å². The molecule has 1 aromatic carbocycles. The van der Waals surface area contributed by atoms with Crippen LogP contribution < -0.4 is 10.6 Å². The molecule has 0 aromatic heterocycles. The van der Waals surface area contributed by atoms with Gasteiger partial charge in [0.15, 0.2) is 5.96 Å². The van der Waals surface area contributed by atoms with E-state index in [4.69, 9.17) is 4.74 Å². The first-order valence-electron chi connectivity index (χ1n) is 10.2. The molecular formula is C21H30F2N4O2. The van der Waals surface area contributed by atoms with E-state index in [-0.39, 0.29) is 23.6 Å². The Morgan fingerprint density at radius 3 is 2.59 bits per heavy atom. The highest BCUT2D eigenvalue weighted by Gasteiger charge is 2.43. The van der Waals surface area contributed by atoms with Crippen LogP contribution in [-0.2, 0) is 4.74 Å². The van der Waals surface area contributed by atoms with Crippen molar-refractivity contribution in [2.24, 2.45) is 4.99 Å². The highest BCUT2D eigenvalue weighted by Crippen LogP contribution is 2.43. The number of rotatable bonds is 4. The fourth-order valence-corrected chi connectivity index (χ4v) is 3.64. The lowest BCUT2D eigenvalue weighted by atomic mass is 10.1. The molecule has 3 rings (SSSR count). The van der Waals surface area contributed by atoms with Gasteiger partial charge >= 0.3 is 6.09 Å². The second-order valence-electron chi connectivity index (χ2n) is 8.60. The van der Waals surface area contributed by atoms with Gasteiger partial charge in [0.05, 0.1) is 6.04 Å². The molecule has 29 heavy (non-hydrogen) atoms. The first-order valence-corrected chi connectivity index (χ1v) is 10.2. The Morgan fingerprint density at radius 1 is 1.28 bits per heavy atom. The second-order valence-corrected chi connectivity index (χ2v) is 8.60. The Hall–Kier alpha value is -2.38. The fraction of sp³-hybridized carbons (Fsp3) is 0.619. The highest BCUT2D eigenvalue weighted by molar-refractivity contribution is 5.81. The van der Waals surface area contributed by atoms with Gasteiger partial charge in [-0.1, -0.05) is 6.07 Å².